The quantitative estimate of drug-likeness (QED) is 0.857. The van der Waals surface area contributed by atoms with Gasteiger partial charge in [0.15, 0.2) is 0 Å². The van der Waals surface area contributed by atoms with E-state index in [-0.39, 0.29) is 5.97 Å². The Morgan fingerprint density at radius 1 is 1.50 bits per heavy atom. The van der Waals surface area contributed by atoms with Crippen molar-refractivity contribution in [3.8, 4) is 0 Å². The molecule has 84 valence electrons. The fourth-order valence-electron chi connectivity index (χ4n) is 1.77. The van der Waals surface area contributed by atoms with Crippen molar-refractivity contribution in [3.63, 3.8) is 0 Å². The third-order valence-corrected chi connectivity index (χ3v) is 2.92. The van der Waals surface area contributed by atoms with E-state index in [2.05, 4.69) is 20.9 Å². The number of hydrogen-bond acceptors (Lipinski definition) is 2. The maximum absolute atomic E-state index is 11.8. The van der Waals surface area contributed by atoms with E-state index in [1.54, 1.807) is 6.92 Å². The van der Waals surface area contributed by atoms with Crippen LogP contribution in [0.1, 0.15) is 23.0 Å². The molecule has 0 saturated heterocycles. The first kappa shape index (κ1) is 11.2. The highest BCUT2D eigenvalue weighted by molar-refractivity contribution is 9.10. The number of hydrogen-bond donors (Lipinski definition) is 1. The highest BCUT2D eigenvalue weighted by Crippen LogP contribution is 2.26. The number of ether oxygens (including phenoxy) is 1. The molecule has 0 saturated carbocycles. The van der Waals surface area contributed by atoms with Crippen molar-refractivity contribution in [2.24, 2.45) is 0 Å². The second kappa shape index (κ2) is 4.29. The Hall–Kier alpha value is -1.29. The number of aromatic amines is 1. The van der Waals surface area contributed by atoms with E-state index in [0.717, 1.165) is 21.1 Å². The Kier molecular flexibility index (Phi) is 3.01. The zero-order valence-corrected chi connectivity index (χ0v) is 10.7. The molecule has 0 amide bonds. The molecular formula is C12H12BrNO2. The van der Waals surface area contributed by atoms with Crippen molar-refractivity contribution in [1.82, 2.24) is 4.98 Å². The second-order valence-corrected chi connectivity index (χ2v) is 4.45. The predicted octanol–water partition coefficient (Wildman–Crippen LogP) is 3.42. The van der Waals surface area contributed by atoms with Gasteiger partial charge in [-0.2, -0.15) is 0 Å². The first-order valence-corrected chi connectivity index (χ1v) is 5.87. The number of rotatable bonds is 2. The summed E-state index contributed by atoms with van der Waals surface area (Å²) in [7, 11) is 0. The topological polar surface area (TPSA) is 42.1 Å². The molecule has 1 heterocycles. The van der Waals surface area contributed by atoms with Crippen molar-refractivity contribution >= 4 is 32.8 Å². The maximum Gasteiger partial charge on any atom is 0.340 e. The number of nitrogens with one attached hydrogen (secondary N) is 1. The molecule has 0 atom stereocenters. The van der Waals surface area contributed by atoms with Gasteiger partial charge in [-0.3, -0.25) is 0 Å². The van der Waals surface area contributed by atoms with Gasteiger partial charge >= 0.3 is 5.97 Å². The molecule has 0 aliphatic rings. The van der Waals surface area contributed by atoms with E-state index < -0.39 is 0 Å². The van der Waals surface area contributed by atoms with Gasteiger partial charge < -0.3 is 9.72 Å². The number of esters is 1. The molecule has 2 rings (SSSR count). The Morgan fingerprint density at radius 2 is 2.25 bits per heavy atom. The van der Waals surface area contributed by atoms with Gasteiger partial charge in [0.2, 0.25) is 0 Å². The van der Waals surface area contributed by atoms with Crippen LogP contribution in [0.3, 0.4) is 0 Å². The van der Waals surface area contributed by atoms with Crippen molar-refractivity contribution < 1.29 is 9.53 Å². The van der Waals surface area contributed by atoms with E-state index in [1.165, 1.54) is 0 Å². The lowest BCUT2D eigenvalue weighted by Gasteiger charge is -2.01. The maximum atomic E-state index is 11.8. The van der Waals surface area contributed by atoms with Gasteiger partial charge in [-0.1, -0.05) is 15.9 Å². The molecule has 1 aromatic heterocycles. The van der Waals surface area contributed by atoms with Gasteiger partial charge in [-0.25, -0.2) is 4.79 Å². The van der Waals surface area contributed by atoms with E-state index in [4.69, 9.17) is 4.74 Å². The van der Waals surface area contributed by atoms with Gasteiger partial charge in [0.1, 0.15) is 0 Å². The van der Waals surface area contributed by atoms with Gasteiger partial charge in [0, 0.05) is 21.1 Å². The summed E-state index contributed by atoms with van der Waals surface area (Å²) >= 11 is 3.40. The standard InChI is InChI=1S/C12H12BrNO2/c1-3-16-12(15)11-7(2)14-10-5-4-8(13)6-9(10)11/h4-6,14H,3H2,1-2H3. The van der Waals surface area contributed by atoms with Crippen molar-refractivity contribution in [3.05, 3.63) is 33.9 Å². The highest BCUT2D eigenvalue weighted by Gasteiger charge is 2.16. The summed E-state index contributed by atoms with van der Waals surface area (Å²) in [6, 6.07) is 5.80. The molecule has 0 bridgehead atoms. The molecule has 16 heavy (non-hydrogen) atoms. The fourth-order valence-corrected chi connectivity index (χ4v) is 2.13. The lowest BCUT2D eigenvalue weighted by molar-refractivity contribution is 0.0528. The summed E-state index contributed by atoms with van der Waals surface area (Å²) in [5, 5.41) is 0.894. The van der Waals surface area contributed by atoms with E-state index in [0.29, 0.717) is 12.2 Å². The van der Waals surface area contributed by atoms with Crippen molar-refractivity contribution in [2.45, 2.75) is 13.8 Å². The summed E-state index contributed by atoms with van der Waals surface area (Å²) in [5.41, 5.74) is 2.41. The Balaban J connectivity index is 2.62. The van der Waals surface area contributed by atoms with Crippen LogP contribution < -0.4 is 0 Å². The minimum absolute atomic E-state index is 0.274. The van der Waals surface area contributed by atoms with Gasteiger partial charge in [-0.15, -0.1) is 0 Å². The number of benzene rings is 1. The summed E-state index contributed by atoms with van der Waals surface area (Å²) in [6.07, 6.45) is 0. The molecule has 0 unspecified atom stereocenters. The highest BCUT2D eigenvalue weighted by atomic mass is 79.9. The van der Waals surface area contributed by atoms with Crippen LogP contribution in [0, 0.1) is 6.92 Å². The van der Waals surface area contributed by atoms with E-state index in [1.807, 2.05) is 25.1 Å². The summed E-state index contributed by atoms with van der Waals surface area (Å²) in [4.78, 5) is 15.0. The molecule has 1 aromatic carbocycles. The molecule has 0 fully saturated rings. The summed E-state index contributed by atoms with van der Waals surface area (Å²) in [6.45, 7) is 4.07. The molecule has 4 heteroatoms. The van der Waals surface area contributed by atoms with E-state index >= 15 is 0 Å². The third-order valence-electron chi connectivity index (χ3n) is 2.43. The number of fused-ring (bicyclic) bond motifs is 1. The number of carbonyl (C=O) groups is 1. The SMILES string of the molecule is CCOC(=O)c1c(C)[nH]c2ccc(Br)cc12. The van der Waals surface area contributed by atoms with Crippen LogP contribution in [-0.2, 0) is 4.74 Å². The molecule has 0 radical (unpaired) electrons. The van der Waals surface area contributed by atoms with E-state index in [9.17, 15) is 4.79 Å². The minimum atomic E-state index is -0.274. The van der Waals surface area contributed by atoms with Crippen LogP contribution in [0.25, 0.3) is 10.9 Å². The van der Waals surface area contributed by atoms with Crippen LogP contribution in [0.15, 0.2) is 22.7 Å². The number of aromatic nitrogens is 1. The molecule has 0 aliphatic carbocycles. The number of aryl methyl sites for hydroxylation is 1. The lowest BCUT2D eigenvalue weighted by atomic mass is 10.1. The fraction of sp³-hybridized carbons (Fsp3) is 0.250. The van der Waals surface area contributed by atoms with Crippen LogP contribution in [0.2, 0.25) is 0 Å². The molecule has 0 aliphatic heterocycles. The number of H-pyrrole nitrogens is 1. The zero-order chi connectivity index (χ0) is 11.7. The van der Waals surface area contributed by atoms with Crippen LogP contribution in [-0.4, -0.2) is 17.6 Å². The lowest BCUT2D eigenvalue weighted by Crippen LogP contribution is -2.05. The first-order valence-electron chi connectivity index (χ1n) is 5.08. The van der Waals surface area contributed by atoms with Gasteiger partial charge in [0.25, 0.3) is 0 Å². The average molecular weight is 282 g/mol. The van der Waals surface area contributed by atoms with Crippen LogP contribution in [0.4, 0.5) is 0 Å². The largest absolute Gasteiger partial charge is 0.462 e. The molecular weight excluding hydrogens is 270 g/mol. The Morgan fingerprint density at radius 3 is 2.94 bits per heavy atom. The van der Waals surface area contributed by atoms with Crippen LogP contribution in [0.5, 0.6) is 0 Å². The smallest absolute Gasteiger partial charge is 0.340 e. The average Bonchev–Trinajstić information content (AvgIpc) is 2.53. The third kappa shape index (κ3) is 1.85. The molecule has 0 spiro atoms. The molecule has 1 N–H and O–H groups in total. The molecule has 2 aromatic rings. The summed E-state index contributed by atoms with van der Waals surface area (Å²) in [5.74, 6) is -0.274. The normalized spacial score (nSPS) is 10.7. The van der Waals surface area contributed by atoms with Crippen LogP contribution >= 0.6 is 15.9 Å². The first-order chi connectivity index (χ1) is 7.63. The molecule has 3 nitrogen and oxygen atoms in total. The number of halogens is 1. The minimum Gasteiger partial charge on any atom is -0.462 e. The predicted molar refractivity (Wildman–Crippen MR) is 66.7 cm³/mol. The van der Waals surface area contributed by atoms with Gasteiger partial charge in [-0.05, 0) is 32.0 Å². The second-order valence-electron chi connectivity index (χ2n) is 3.54. The monoisotopic (exact) mass is 281 g/mol. The zero-order valence-electron chi connectivity index (χ0n) is 9.13. The Bertz CT molecular complexity index is 545. The van der Waals surface area contributed by atoms with Crippen molar-refractivity contribution in [2.75, 3.05) is 6.61 Å². The Labute approximate surface area is 102 Å². The number of carbonyl (C=O) groups excluding carboxylic acids is 1. The van der Waals surface area contributed by atoms with Crippen molar-refractivity contribution in [1.29, 1.82) is 0 Å². The summed E-state index contributed by atoms with van der Waals surface area (Å²) < 4.78 is 5.99. The van der Waals surface area contributed by atoms with Gasteiger partial charge in [0.05, 0.1) is 12.2 Å².